The van der Waals surface area contributed by atoms with Gasteiger partial charge in [0.05, 0.1) is 11.7 Å². The zero-order chi connectivity index (χ0) is 22.8. The van der Waals surface area contributed by atoms with Crippen molar-refractivity contribution in [3.8, 4) is 0 Å². The average Bonchev–Trinajstić information content (AvgIpc) is 3.03. The summed E-state index contributed by atoms with van der Waals surface area (Å²) in [4.78, 5) is 13.6. The molecule has 3 heteroatoms. The number of ketones is 1. The maximum Gasteiger partial charge on any atom is 0.136 e. The Hall–Kier alpha value is -0.410. The van der Waals surface area contributed by atoms with Crippen molar-refractivity contribution in [2.45, 2.75) is 117 Å². The summed E-state index contributed by atoms with van der Waals surface area (Å²) >= 11 is 0. The summed E-state index contributed by atoms with van der Waals surface area (Å²) in [7, 11) is 0. The van der Waals surface area contributed by atoms with E-state index in [2.05, 4.69) is 27.7 Å². The molecular weight excluding hydrogens is 384 g/mol. The van der Waals surface area contributed by atoms with Crippen LogP contribution in [0.4, 0.5) is 0 Å². The molecule has 0 saturated heterocycles. The number of fused-ring (bicyclic) bond motifs is 5. The van der Waals surface area contributed by atoms with Crippen molar-refractivity contribution < 1.29 is 15.0 Å². The van der Waals surface area contributed by atoms with Crippen molar-refractivity contribution in [1.29, 1.82) is 0 Å². The Morgan fingerprint density at radius 2 is 1.68 bits per heavy atom. The van der Waals surface area contributed by atoms with Gasteiger partial charge in [-0.1, -0.05) is 34.1 Å². The van der Waals surface area contributed by atoms with Crippen molar-refractivity contribution in [2.75, 3.05) is 0 Å². The number of hydrogen-bond donors (Lipinski definition) is 2. The van der Waals surface area contributed by atoms with Crippen LogP contribution in [0.3, 0.4) is 0 Å². The van der Waals surface area contributed by atoms with Crippen molar-refractivity contribution in [1.82, 2.24) is 0 Å². The van der Waals surface area contributed by atoms with Gasteiger partial charge in [0.15, 0.2) is 0 Å². The molecule has 0 bridgehead atoms. The number of rotatable bonds is 5. The summed E-state index contributed by atoms with van der Waals surface area (Å²) in [6.45, 7) is 13.2. The highest BCUT2D eigenvalue weighted by molar-refractivity contribution is 5.83. The fourth-order valence-electron chi connectivity index (χ4n) is 9.10. The molecule has 0 spiro atoms. The monoisotopic (exact) mass is 432 g/mol. The van der Waals surface area contributed by atoms with E-state index < -0.39 is 11.7 Å². The molecule has 4 fully saturated rings. The fraction of sp³-hybridized carbons (Fsp3) is 0.964. The van der Waals surface area contributed by atoms with Crippen LogP contribution >= 0.6 is 0 Å². The minimum absolute atomic E-state index is 0.265. The van der Waals surface area contributed by atoms with Crippen LogP contribution in [0.25, 0.3) is 0 Å². The molecule has 4 rings (SSSR count). The van der Waals surface area contributed by atoms with Gasteiger partial charge >= 0.3 is 0 Å². The highest BCUT2D eigenvalue weighted by Gasteiger charge is 2.62. The maximum atomic E-state index is 13.6. The van der Waals surface area contributed by atoms with Crippen molar-refractivity contribution >= 4 is 5.78 Å². The minimum atomic E-state index is -1.03. The lowest BCUT2D eigenvalue weighted by atomic mass is 9.43. The molecule has 31 heavy (non-hydrogen) atoms. The van der Waals surface area contributed by atoms with Crippen molar-refractivity contribution in [2.24, 2.45) is 52.3 Å². The Bertz CT molecular complexity index is 680. The molecule has 2 N–H and O–H groups in total. The molecule has 0 aromatic heterocycles. The van der Waals surface area contributed by atoms with Crippen LogP contribution < -0.4 is 0 Å². The second-order valence-corrected chi connectivity index (χ2v) is 13.4. The van der Waals surface area contributed by atoms with Crippen LogP contribution in [-0.2, 0) is 4.79 Å². The first-order chi connectivity index (χ1) is 14.4. The Labute approximate surface area is 190 Å². The standard InChI is InChI=1S/C28H48O3/c1-17-11-13-27(5)19(15-17)16-23(29)25-21-9-8-20(28(21,6)14-12-22(25)27)18(2)7-10-24(30)26(3,4)31/h17-22,24-25,30-31H,7-16H2,1-6H3/t17?,18-,19+,20-,21+,22+,24?,25+,27+,28-/m1/s1. The molecule has 0 amide bonds. The van der Waals surface area contributed by atoms with Crippen LogP contribution in [0.2, 0.25) is 0 Å². The highest BCUT2D eigenvalue weighted by atomic mass is 16.3. The van der Waals surface area contributed by atoms with Gasteiger partial charge in [-0.05, 0) is 112 Å². The summed E-state index contributed by atoms with van der Waals surface area (Å²) in [6.07, 6.45) is 10.7. The minimum Gasteiger partial charge on any atom is -0.390 e. The van der Waals surface area contributed by atoms with Crippen LogP contribution in [-0.4, -0.2) is 27.7 Å². The Morgan fingerprint density at radius 1 is 1.03 bits per heavy atom. The van der Waals surface area contributed by atoms with Gasteiger partial charge in [0, 0.05) is 12.3 Å². The SMILES string of the molecule is CC1CC[C@@]2(C)[C@H](CC(=O)[C@@H]3[C@@H]2CC[C@]2(C)[C@@H]([C@H](C)CCC(O)C(C)(C)O)CC[C@@H]32)C1. The van der Waals surface area contributed by atoms with E-state index in [9.17, 15) is 15.0 Å². The van der Waals surface area contributed by atoms with E-state index in [0.29, 0.717) is 53.1 Å². The van der Waals surface area contributed by atoms with E-state index in [1.165, 1.54) is 44.9 Å². The lowest BCUT2D eigenvalue weighted by molar-refractivity contribution is -0.158. The molecule has 0 aromatic carbocycles. The number of hydrogen-bond acceptors (Lipinski definition) is 3. The number of aliphatic hydroxyl groups excluding tert-OH is 1. The molecule has 0 radical (unpaired) electrons. The van der Waals surface area contributed by atoms with Gasteiger partial charge in [0.25, 0.3) is 0 Å². The Balaban J connectivity index is 1.50. The average molecular weight is 433 g/mol. The molecule has 4 aliphatic rings. The molecule has 4 saturated carbocycles. The van der Waals surface area contributed by atoms with Gasteiger partial charge in [-0.2, -0.15) is 0 Å². The fourth-order valence-corrected chi connectivity index (χ4v) is 9.10. The van der Waals surface area contributed by atoms with Gasteiger partial charge in [-0.25, -0.2) is 0 Å². The largest absolute Gasteiger partial charge is 0.390 e. The van der Waals surface area contributed by atoms with Gasteiger partial charge in [0.2, 0.25) is 0 Å². The summed E-state index contributed by atoms with van der Waals surface area (Å²) in [5, 5.41) is 20.4. The third-order valence-corrected chi connectivity index (χ3v) is 11.2. The quantitative estimate of drug-likeness (QED) is 0.559. The molecule has 178 valence electrons. The molecule has 3 nitrogen and oxygen atoms in total. The number of carbonyl (C=O) groups excluding carboxylic acids is 1. The molecule has 4 aliphatic carbocycles. The number of aliphatic hydroxyl groups is 2. The number of Topliss-reactive ketones (excluding diaryl/α,β-unsaturated/α-hetero) is 1. The Morgan fingerprint density at radius 3 is 2.35 bits per heavy atom. The molecule has 0 heterocycles. The lowest BCUT2D eigenvalue weighted by Crippen LogP contribution is -2.57. The van der Waals surface area contributed by atoms with Crippen LogP contribution in [0.15, 0.2) is 0 Å². The first kappa shape index (κ1) is 23.7. The molecule has 0 aliphatic heterocycles. The van der Waals surface area contributed by atoms with Gasteiger partial charge in [-0.15, -0.1) is 0 Å². The molecule has 0 aromatic rings. The van der Waals surface area contributed by atoms with E-state index >= 15 is 0 Å². The van der Waals surface area contributed by atoms with Gasteiger partial charge in [0.1, 0.15) is 5.78 Å². The Kier molecular flexibility index (Phi) is 6.21. The van der Waals surface area contributed by atoms with E-state index in [0.717, 1.165) is 18.8 Å². The second-order valence-electron chi connectivity index (χ2n) is 13.4. The van der Waals surface area contributed by atoms with E-state index in [1.807, 2.05) is 0 Å². The summed E-state index contributed by atoms with van der Waals surface area (Å²) in [6, 6.07) is 0. The second kappa shape index (κ2) is 8.12. The van der Waals surface area contributed by atoms with Crippen molar-refractivity contribution in [3.05, 3.63) is 0 Å². The third-order valence-electron chi connectivity index (χ3n) is 11.2. The molecule has 10 atom stereocenters. The zero-order valence-corrected chi connectivity index (χ0v) is 21.0. The molecular formula is C28H48O3. The predicted molar refractivity (Wildman–Crippen MR) is 125 cm³/mol. The van der Waals surface area contributed by atoms with Crippen LogP contribution in [0, 0.1) is 52.3 Å². The highest BCUT2D eigenvalue weighted by Crippen LogP contribution is 2.68. The van der Waals surface area contributed by atoms with Crippen LogP contribution in [0.1, 0.15) is 106 Å². The third kappa shape index (κ3) is 3.94. The summed E-state index contributed by atoms with van der Waals surface area (Å²) < 4.78 is 0. The zero-order valence-electron chi connectivity index (χ0n) is 21.0. The van der Waals surface area contributed by atoms with E-state index in [1.54, 1.807) is 13.8 Å². The molecule has 2 unspecified atom stereocenters. The van der Waals surface area contributed by atoms with E-state index in [-0.39, 0.29) is 5.41 Å². The predicted octanol–water partition coefficient (Wildman–Crippen LogP) is 6.01. The van der Waals surface area contributed by atoms with Gasteiger partial charge in [-0.3, -0.25) is 4.79 Å². The summed E-state index contributed by atoms with van der Waals surface area (Å²) in [5.74, 6) is 4.63. The maximum absolute atomic E-state index is 13.6. The smallest absolute Gasteiger partial charge is 0.136 e. The van der Waals surface area contributed by atoms with E-state index in [4.69, 9.17) is 0 Å². The van der Waals surface area contributed by atoms with Crippen LogP contribution in [0.5, 0.6) is 0 Å². The lowest BCUT2D eigenvalue weighted by Gasteiger charge is -2.60. The normalized spacial score (nSPS) is 47.3. The topological polar surface area (TPSA) is 57.5 Å². The summed E-state index contributed by atoms with van der Waals surface area (Å²) in [5.41, 5.74) is -0.383. The first-order valence-corrected chi connectivity index (χ1v) is 13.3. The number of carbonyl (C=O) groups is 1. The first-order valence-electron chi connectivity index (χ1n) is 13.3. The van der Waals surface area contributed by atoms with Gasteiger partial charge < -0.3 is 10.2 Å². The van der Waals surface area contributed by atoms with Crippen molar-refractivity contribution in [3.63, 3.8) is 0 Å².